The molecule has 0 aliphatic carbocycles. The van der Waals surface area contributed by atoms with Gasteiger partial charge in [0.05, 0.1) is 32.0 Å². The number of fused-ring (bicyclic) bond motifs is 2. The van der Waals surface area contributed by atoms with Gasteiger partial charge in [-0.3, -0.25) is 4.99 Å². The number of guanidine groups is 1. The normalized spacial score (nSPS) is 24.6. The number of ether oxygens (including phenoxy) is 3. The van der Waals surface area contributed by atoms with Crippen molar-refractivity contribution < 1.29 is 14.2 Å². The summed E-state index contributed by atoms with van der Waals surface area (Å²) in [4.78, 5) is 4.34. The van der Waals surface area contributed by atoms with E-state index >= 15 is 0 Å². The van der Waals surface area contributed by atoms with Crippen molar-refractivity contribution in [2.45, 2.75) is 57.3 Å². The molecule has 3 atom stereocenters. The fourth-order valence-corrected chi connectivity index (χ4v) is 3.80. The number of rotatable bonds is 8. The van der Waals surface area contributed by atoms with Crippen LogP contribution in [0.5, 0.6) is 11.5 Å². The van der Waals surface area contributed by atoms with E-state index in [0.29, 0.717) is 24.9 Å². The Labute approximate surface area is 156 Å². The van der Waals surface area contributed by atoms with Crippen molar-refractivity contribution >= 4 is 5.96 Å². The molecule has 6 heteroatoms. The van der Waals surface area contributed by atoms with E-state index in [2.05, 4.69) is 27.8 Å². The largest absolute Gasteiger partial charge is 0.493 e. The summed E-state index contributed by atoms with van der Waals surface area (Å²) in [5.41, 5.74) is 1.25. The van der Waals surface area contributed by atoms with Crippen LogP contribution in [-0.4, -0.2) is 51.5 Å². The maximum atomic E-state index is 5.90. The van der Waals surface area contributed by atoms with Crippen LogP contribution in [0.3, 0.4) is 0 Å². The molecule has 0 amide bonds. The Morgan fingerprint density at radius 2 is 2.19 bits per heavy atom. The predicted molar refractivity (Wildman–Crippen MR) is 103 cm³/mol. The van der Waals surface area contributed by atoms with Crippen LogP contribution in [0.4, 0.5) is 0 Å². The molecule has 1 aromatic rings. The molecule has 3 unspecified atom stereocenters. The summed E-state index contributed by atoms with van der Waals surface area (Å²) in [7, 11) is 3.49. The van der Waals surface area contributed by atoms with Gasteiger partial charge >= 0.3 is 0 Å². The molecular formula is C20H31N3O3. The van der Waals surface area contributed by atoms with Gasteiger partial charge in [0.25, 0.3) is 0 Å². The quantitative estimate of drug-likeness (QED) is 0.423. The number of aliphatic imine (C=N–C) groups is 1. The molecule has 26 heavy (non-hydrogen) atoms. The second kappa shape index (κ2) is 9.12. The van der Waals surface area contributed by atoms with E-state index in [1.54, 1.807) is 7.11 Å². The monoisotopic (exact) mass is 361 g/mol. The summed E-state index contributed by atoms with van der Waals surface area (Å²) in [6.45, 7) is 3.49. The third kappa shape index (κ3) is 4.61. The van der Waals surface area contributed by atoms with Crippen molar-refractivity contribution in [1.29, 1.82) is 0 Å². The lowest BCUT2D eigenvalue weighted by Gasteiger charge is -2.22. The van der Waals surface area contributed by atoms with E-state index in [9.17, 15) is 0 Å². The van der Waals surface area contributed by atoms with Crippen LogP contribution in [0.2, 0.25) is 0 Å². The summed E-state index contributed by atoms with van der Waals surface area (Å²) in [5, 5.41) is 6.93. The number of aryl methyl sites for hydroxylation is 1. The number of hydrogen-bond donors (Lipinski definition) is 2. The van der Waals surface area contributed by atoms with Gasteiger partial charge in [-0.05, 0) is 56.7 Å². The van der Waals surface area contributed by atoms with E-state index in [4.69, 9.17) is 14.2 Å². The van der Waals surface area contributed by atoms with Crippen molar-refractivity contribution in [2.24, 2.45) is 4.99 Å². The number of hydrogen-bond acceptors (Lipinski definition) is 4. The molecule has 2 N–H and O–H groups in total. The molecule has 1 aromatic carbocycles. The number of benzene rings is 1. The molecule has 0 aromatic heterocycles. The first-order chi connectivity index (χ1) is 12.7. The van der Waals surface area contributed by atoms with Crippen molar-refractivity contribution in [3.63, 3.8) is 0 Å². The van der Waals surface area contributed by atoms with Crippen molar-refractivity contribution in [2.75, 3.05) is 27.3 Å². The third-order valence-corrected chi connectivity index (χ3v) is 5.11. The van der Waals surface area contributed by atoms with E-state index in [0.717, 1.165) is 43.3 Å². The minimum Gasteiger partial charge on any atom is -0.493 e. The van der Waals surface area contributed by atoms with Gasteiger partial charge < -0.3 is 24.8 Å². The van der Waals surface area contributed by atoms with Crippen LogP contribution < -0.4 is 20.1 Å². The van der Waals surface area contributed by atoms with Crippen molar-refractivity contribution in [1.82, 2.24) is 10.6 Å². The Bertz CT molecular complexity index is 620. The second-order valence-electron chi connectivity index (χ2n) is 6.88. The Hall–Kier alpha value is -1.95. The van der Waals surface area contributed by atoms with Crippen LogP contribution in [0, 0.1) is 0 Å². The van der Waals surface area contributed by atoms with E-state index < -0.39 is 0 Å². The zero-order chi connectivity index (χ0) is 18.4. The summed E-state index contributed by atoms with van der Waals surface area (Å²) >= 11 is 0. The maximum absolute atomic E-state index is 5.90. The molecule has 2 fully saturated rings. The van der Waals surface area contributed by atoms with Gasteiger partial charge in [0.15, 0.2) is 17.5 Å². The van der Waals surface area contributed by atoms with Gasteiger partial charge in [-0.15, -0.1) is 0 Å². The molecule has 0 saturated carbocycles. The first kappa shape index (κ1) is 18.8. The predicted octanol–water partition coefficient (Wildman–Crippen LogP) is 2.51. The van der Waals surface area contributed by atoms with Crippen LogP contribution in [0.25, 0.3) is 0 Å². The lowest BCUT2D eigenvalue weighted by molar-refractivity contribution is 0.0992. The van der Waals surface area contributed by atoms with Crippen LogP contribution >= 0.6 is 0 Å². The Balaban J connectivity index is 1.42. The standard InChI is InChI=1S/C20H31N3O3/c1-4-25-19-12-14(7-9-18(19)24-3)6-5-11-22-20(21-2)23-16-13-15-8-10-17(16)26-15/h7,9,12,15-17H,4-6,8,10-11,13H2,1-3H3,(H2,21,22,23). The molecule has 0 radical (unpaired) electrons. The topological polar surface area (TPSA) is 64.1 Å². The zero-order valence-electron chi connectivity index (χ0n) is 16.1. The van der Waals surface area contributed by atoms with Gasteiger partial charge in [-0.25, -0.2) is 0 Å². The highest BCUT2D eigenvalue weighted by atomic mass is 16.5. The molecule has 2 bridgehead atoms. The highest BCUT2D eigenvalue weighted by Crippen LogP contribution is 2.34. The summed E-state index contributed by atoms with van der Waals surface area (Å²) in [6.07, 6.45) is 6.27. The Morgan fingerprint density at radius 3 is 2.85 bits per heavy atom. The van der Waals surface area contributed by atoms with Gasteiger partial charge in [-0.2, -0.15) is 0 Å². The lowest BCUT2D eigenvalue weighted by Crippen LogP contribution is -2.47. The fourth-order valence-electron chi connectivity index (χ4n) is 3.80. The summed E-state index contributed by atoms with van der Waals surface area (Å²) in [6, 6.07) is 6.54. The second-order valence-corrected chi connectivity index (χ2v) is 6.88. The molecule has 144 valence electrons. The van der Waals surface area contributed by atoms with E-state index in [-0.39, 0.29) is 0 Å². The van der Waals surface area contributed by atoms with Crippen molar-refractivity contribution in [3.8, 4) is 11.5 Å². The molecule has 6 nitrogen and oxygen atoms in total. The number of nitrogens with one attached hydrogen (secondary N) is 2. The summed E-state index contributed by atoms with van der Waals surface area (Å²) in [5.74, 6) is 2.47. The van der Waals surface area contributed by atoms with Crippen LogP contribution in [0.1, 0.15) is 38.2 Å². The van der Waals surface area contributed by atoms with Gasteiger partial charge in [-0.1, -0.05) is 6.07 Å². The average Bonchev–Trinajstić information content (AvgIpc) is 3.27. The van der Waals surface area contributed by atoms with E-state index in [1.807, 2.05) is 20.0 Å². The highest BCUT2D eigenvalue weighted by Gasteiger charge is 2.41. The van der Waals surface area contributed by atoms with Crippen LogP contribution in [0.15, 0.2) is 23.2 Å². The average molecular weight is 361 g/mol. The van der Waals surface area contributed by atoms with Crippen molar-refractivity contribution in [3.05, 3.63) is 23.8 Å². The number of nitrogens with zero attached hydrogens (tertiary/aromatic N) is 1. The lowest BCUT2D eigenvalue weighted by atomic mass is 9.96. The van der Waals surface area contributed by atoms with Gasteiger partial charge in [0.1, 0.15) is 0 Å². The highest BCUT2D eigenvalue weighted by molar-refractivity contribution is 5.80. The smallest absolute Gasteiger partial charge is 0.191 e. The molecule has 2 saturated heterocycles. The van der Waals surface area contributed by atoms with E-state index in [1.165, 1.54) is 18.4 Å². The molecule has 3 rings (SSSR count). The molecular weight excluding hydrogens is 330 g/mol. The third-order valence-electron chi connectivity index (χ3n) is 5.11. The number of methoxy groups -OCH3 is 1. The first-order valence-corrected chi connectivity index (χ1v) is 9.65. The Kier molecular flexibility index (Phi) is 6.61. The van der Waals surface area contributed by atoms with Gasteiger partial charge in [0.2, 0.25) is 0 Å². The molecule has 0 spiro atoms. The first-order valence-electron chi connectivity index (χ1n) is 9.65. The fraction of sp³-hybridized carbons (Fsp3) is 0.650. The van der Waals surface area contributed by atoms with Crippen LogP contribution in [-0.2, 0) is 11.2 Å². The minimum absolute atomic E-state index is 0.356. The molecule has 2 aliphatic heterocycles. The minimum atomic E-state index is 0.356. The molecule has 2 aliphatic rings. The summed E-state index contributed by atoms with van der Waals surface area (Å²) < 4.78 is 16.9. The Morgan fingerprint density at radius 1 is 1.31 bits per heavy atom. The zero-order valence-corrected chi connectivity index (χ0v) is 16.1. The molecule has 2 heterocycles. The SMILES string of the molecule is CCOc1cc(CCCNC(=NC)NC2CC3CCC2O3)ccc1OC. The maximum Gasteiger partial charge on any atom is 0.191 e. The van der Waals surface area contributed by atoms with Gasteiger partial charge in [0, 0.05) is 13.6 Å².